The van der Waals surface area contributed by atoms with E-state index in [-0.39, 0.29) is 216 Å². The van der Waals surface area contributed by atoms with Crippen molar-refractivity contribution in [3.63, 3.8) is 0 Å². The van der Waals surface area contributed by atoms with E-state index in [4.69, 9.17) is 0 Å². The Morgan fingerprint density at radius 3 is 0.869 bits per heavy atom. The Morgan fingerprint density at radius 1 is 0.346 bits per heavy atom. The lowest BCUT2D eigenvalue weighted by molar-refractivity contribution is -0.142. The fraction of sp³-hybridized carbons (Fsp3) is 0.506. The van der Waals surface area contributed by atoms with E-state index >= 15 is 0 Å². The summed E-state index contributed by atoms with van der Waals surface area (Å²) in [4.78, 5) is 102. The average Bonchev–Trinajstić information content (AvgIpc) is 0.816. The molecule has 4 saturated heterocycles. The lowest BCUT2D eigenvalue weighted by Gasteiger charge is -2.33. The number of fused-ring (bicyclic) bond motifs is 4. The van der Waals surface area contributed by atoms with Crippen molar-refractivity contribution in [2.24, 2.45) is 11.8 Å². The quantitative estimate of drug-likeness (QED) is 0.0786. The van der Waals surface area contributed by atoms with E-state index < -0.39 is 117 Å². The molecule has 8 aliphatic heterocycles. The zero-order valence-electron chi connectivity index (χ0n) is 71.2. The molecule has 0 spiro atoms. The molecule has 702 valence electrons. The van der Waals surface area contributed by atoms with E-state index in [1.807, 2.05) is 20.8 Å². The fourth-order valence-corrected chi connectivity index (χ4v) is 18.3. The number of likely N-dealkylation sites (N-methyl/N-ethyl adjacent to an activating group) is 1. The molecule has 8 aromatic rings. The van der Waals surface area contributed by atoms with E-state index in [0.29, 0.717) is 96.7 Å². The number of nitrogens with one attached hydrogen (secondary N) is 4. The number of hydrogen-bond acceptors (Lipinski definition) is 12. The number of piperidine rings is 4. The second-order valence-electron chi connectivity index (χ2n) is 34.1. The van der Waals surface area contributed by atoms with Crippen LogP contribution in [0, 0.1) is 58.4 Å². The highest BCUT2D eigenvalue weighted by molar-refractivity contribution is 5.97. The molecule has 43 heteroatoms. The van der Waals surface area contributed by atoms with Crippen LogP contribution in [0.25, 0.3) is 0 Å². The van der Waals surface area contributed by atoms with Crippen LogP contribution in [0.1, 0.15) is 261 Å². The minimum Gasteiger partial charge on any atom is -0.337 e. The number of nitrogens with zero attached hydrogens (tertiary/aromatic N) is 12. The number of carbonyl (C=O) groups excluding carboxylic acids is 7. The summed E-state index contributed by atoms with van der Waals surface area (Å²) in [7, 11) is 0. The molecule has 7 amide bonds. The van der Waals surface area contributed by atoms with Crippen molar-refractivity contribution in [3.05, 3.63) is 207 Å². The maximum absolute atomic E-state index is 14.0. The average molecular weight is 1850 g/mol. The zero-order valence-corrected chi connectivity index (χ0v) is 71.2. The topological polar surface area (TPSA) is 260 Å². The highest BCUT2D eigenvalue weighted by Crippen LogP contribution is 2.47. The van der Waals surface area contributed by atoms with Crippen LogP contribution in [0.4, 0.5) is 87.8 Å². The first-order chi connectivity index (χ1) is 61.3. The Morgan fingerprint density at radius 2 is 0.608 bits per heavy atom. The SMILES string of the molecule is CC(C)C(=O)N1Cc2[nH]nc(C(=O)N3CCC(c4ccc(F)c(F)c4C(F)(F)F)CC3)c2C1.CC(C)CC(=O)N1Cc2[nH]nc(C(=O)N3CCC(c4ccc(F)c(F)c4C(F)(F)F)CC3)c2C1.CCC(=O)N1Cc2[nH]nc(C(=O)N3CCC(c4ccc(F)c(F)c4C(F)(F)F)CC3)c2C1.CCN1CCc2[nH]nc(C(=O)N3CCC(c4ccc(F)c(F)c4C(F)(F)F)CC3)c2C1. The molecule has 0 saturated carbocycles. The maximum Gasteiger partial charge on any atom is 0.419 e. The minimum atomic E-state index is -5.02. The van der Waals surface area contributed by atoms with Crippen LogP contribution >= 0.6 is 0 Å². The third-order valence-corrected chi connectivity index (χ3v) is 25.1. The number of H-pyrrole nitrogens is 4. The van der Waals surface area contributed by atoms with Gasteiger partial charge in [-0.1, -0.05) is 65.8 Å². The number of alkyl halides is 12. The maximum atomic E-state index is 14.0. The van der Waals surface area contributed by atoms with Crippen molar-refractivity contribution in [2.45, 2.75) is 206 Å². The molecule has 4 fully saturated rings. The summed E-state index contributed by atoms with van der Waals surface area (Å²) in [5.41, 5.74) is -0.575. The van der Waals surface area contributed by atoms with Gasteiger partial charge in [0.15, 0.2) is 69.3 Å². The Bertz CT molecular complexity index is 5570. The molecule has 4 N–H and O–H groups in total. The molecule has 12 heterocycles. The number of likely N-dealkylation sites (tertiary alicyclic amines) is 4. The summed E-state index contributed by atoms with van der Waals surface area (Å²) in [6.07, 6.45) is -17.0. The first-order valence-corrected chi connectivity index (χ1v) is 42.5. The number of benzene rings is 4. The van der Waals surface area contributed by atoms with Gasteiger partial charge in [-0.15, -0.1) is 0 Å². The van der Waals surface area contributed by atoms with Crippen LogP contribution in [0.15, 0.2) is 48.5 Å². The van der Waals surface area contributed by atoms with Crippen molar-refractivity contribution >= 4 is 41.4 Å². The number of carbonyl (C=O) groups is 7. The van der Waals surface area contributed by atoms with Gasteiger partial charge in [-0.3, -0.25) is 58.9 Å². The fourth-order valence-electron chi connectivity index (χ4n) is 18.3. The van der Waals surface area contributed by atoms with Crippen molar-refractivity contribution < 1.29 is 121 Å². The van der Waals surface area contributed by atoms with Gasteiger partial charge in [0.25, 0.3) is 23.6 Å². The van der Waals surface area contributed by atoms with E-state index in [2.05, 4.69) is 45.7 Å². The van der Waals surface area contributed by atoms with E-state index in [0.717, 1.165) is 61.1 Å². The standard InChI is InChI=1S/C23H25F5N4O2.C22H23F5N4O2.C21H21F5N4O2.C21H23F5N4O/c1-12(2)9-18(33)32-10-15-17(11-32)29-30-21(15)22(34)31-7-5-13(6-8-31)14-3-4-16(24)20(25)19(14)23(26,27)28;1-11(2)20(32)31-9-14-16(10-31)28-29-19(14)21(33)30-7-5-12(6-8-30)13-3-4-15(23)18(24)17(13)22(25,26)27;1-2-16(31)30-9-13-15(10-30)27-28-19(13)20(32)29-7-5-11(6-8-29)12-3-4-14(22)18(23)17(12)21(24,25)26;1-2-29-8-7-16-14(11-29)19(28-27-16)20(31)30-9-5-12(6-10-30)13-3-4-15(22)18(23)17(13)21(24,25)26/h3-4,12-13H,5-11H2,1-2H3,(H,29,30);3-4,11-12H,5-10H2,1-2H3,(H,28,29);3-4,11H,2,5-10H2,1H3,(H,27,28);3-4,12H,2,5-11H2,1H3,(H,27,28). The van der Waals surface area contributed by atoms with E-state index in [9.17, 15) is 121 Å². The highest BCUT2D eigenvalue weighted by atomic mass is 19.4. The van der Waals surface area contributed by atoms with Crippen LogP contribution in [0.3, 0.4) is 0 Å². The van der Waals surface area contributed by atoms with Crippen LogP contribution in [-0.4, -0.2) is 187 Å². The number of amides is 7. The van der Waals surface area contributed by atoms with E-state index in [1.165, 1.54) is 14.7 Å². The molecule has 0 radical (unpaired) electrons. The second-order valence-corrected chi connectivity index (χ2v) is 34.1. The molecule has 0 aliphatic carbocycles. The van der Waals surface area contributed by atoms with Gasteiger partial charge in [-0.25, -0.2) is 35.1 Å². The molecule has 4 aromatic carbocycles. The van der Waals surface area contributed by atoms with Gasteiger partial charge in [0.2, 0.25) is 17.7 Å². The largest absolute Gasteiger partial charge is 0.419 e. The molecule has 8 aliphatic rings. The normalized spacial score (nSPS) is 17.3. The van der Waals surface area contributed by atoms with Gasteiger partial charge in [0.1, 0.15) is 0 Å². The Hall–Kier alpha value is -11.4. The summed E-state index contributed by atoms with van der Waals surface area (Å²) >= 11 is 0. The van der Waals surface area contributed by atoms with Gasteiger partial charge in [0.05, 0.1) is 78.6 Å². The summed E-state index contributed by atoms with van der Waals surface area (Å²) in [5, 5.41) is 27.9. The van der Waals surface area contributed by atoms with Gasteiger partial charge in [-0.05, 0) is 134 Å². The number of aromatic nitrogens is 8. The van der Waals surface area contributed by atoms with Crippen LogP contribution in [0.5, 0.6) is 0 Å². The summed E-state index contributed by atoms with van der Waals surface area (Å²) in [6.45, 7) is 16.9. The van der Waals surface area contributed by atoms with Crippen molar-refractivity contribution in [1.29, 1.82) is 0 Å². The van der Waals surface area contributed by atoms with Gasteiger partial charge in [0, 0.05) is 119 Å². The third-order valence-electron chi connectivity index (χ3n) is 25.1. The first-order valence-electron chi connectivity index (χ1n) is 42.5. The first kappa shape index (κ1) is 96.1. The van der Waals surface area contributed by atoms with Crippen molar-refractivity contribution in [2.75, 3.05) is 65.4 Å². The summed E-state index contributed by atoms with van der Waals surface area (Å²) in [5.74, 6) is -17.7. The number of halogens is 20. The van der Waals surface area contributed by atoms with Crippen LogP contribution in [0.2, 0.25) is 0 Å². The molecular formula is C87H92F20N16O7. The predicted molar refractivity (Wildman–Crippen MR) is 423 cm³/mol. The molecular weight excluding hydrogens is 1760 g/mol. The van der Waals surface area contributed by atoms with Gasteiger partial charge >= 0.3 is 24.7 Å². The minimum absolute atomic E-state index is 0.00851. The molecule has 16 rings (SSSR count). The molecule has 130 heavy (non-hydrogen) atoms. The van der Waals surface area contributed by atoms with Gasteiger partial charge in [-0.2, -0.15) is 73.1 Å². The lowest BCUT2D eigenvalue weighted by Crippen LogP contribution is -2.39. The number of hydrogen-bond donors (Lipinski definition) is 4. The molecule has 0 atom stereocenters. The van der Waals surface area contributed by atoms with E-state index in [1.54, 1.807) is 40.4 Å². The monoisotopic (exact) mass is 1850 g/mol. The number of rotatable bonds is 13. The smallest absolute Gasteiger partial charge is 0.337 e. The Labute approximate surface area is 731 Å². The highest BCUT2D eigenvalue weighted by Gasteiger charge is 2.48. The Kier molecular flexibility index (Phi) is 28.5. The van der Waals surface area contributed by atoms with Crippen LogP contribution in [-0.2, 0) is 91.3 Å². The van der Waals surface area contributed by atoms with Crippen molar-refractivity contribution in [3.8, 4) is 0 Å². The summed E-state index contributed by atoms with van der Waals surface area (Å²) < 4.78 is 270. The molecule has 4 aromatic heterocycles. The molecule has 0 bridgehead atoms. The summed E-state index contributed by atoms with van der Waals surface area (Å²) in [6, 6.07) is 6.78. The van der Waals surface area contributed by atoms with Crippen molar-refractivity contribution in [1.82, 2.24) is 80.0 Å². The second kappa shape index (κ2) is 38.6. The number of aromatic amines is 4. The molecule has 23 nitrogen and oxygen atoms in total. The zero-order chi connectivity index (χ0) is 94.4. The van der Waals surface area contributed by atoms with Crippen LogP contribution < -0.4 is 0 Å². The van der Waals surface area contributed by atoms with Gasteiger partial charge < -0.3 is 34.3 Å². The molecule has 0 unspecified atom stereocenters. The third kappa shape index (κ3) is 20.2. The predicted octanol–water partition coefficient (Wildman–Crippen LogP) is 16.9. The lowest BCUT2D eigenvalue weighted by atomic mass is 9.85. The Balaban J connectivity index is 0.000000148.